The summed E-state index contributed by atoms with van der Waals surface area (Å²) in [6, 6.07) is 123. The molecule has 18 aromatic rings. The van der Waals surface area contributed by atoms with E-state index in [2.05, 4.69) is 319 Å². The Balaban J connectivity index is 0.817. The van der Waals surface area contributed by atoms with E-state index in [9.17, 15) is 0 Å². The first-order valence-corrected chi connectivity index (χ1v) is 33.2. The smallest absolute Gasteiger partial charge is 0.159 e. The molecule has 0 bridgehead atoms. The summed E-state index contributed by atoms with van der Waals surface area (Å²) in [5.74, 6) is 0.683. The van der Waals surface area contributed by atoms with Crippen LogP contribution in [0.4, 0.5) is 0 Å². The van der Waals surface area contributed by atoms with Crippen molar-refractivity contribution < 1.29 is 0 Å². The number of aromatic nitrogens is 6. The molecule has 0 spiro atoms. The third-order valence-electron chi connectivity index (χ3n) is 19.2. The average Bonchev–Trinajstić information content (AvgIpc) is 1.58. The SMILES string of the molecule is c1ccc(-c2ncc(-c3ccccc3-c3cc(-c4ccccc4-c4ccc(-c5ccccn5)cc4-c4ccc(-n5c6ccccc6c6ccccc65)cc4)cc(-c4ccccc4-c4ccc(-c5ccccn5)cc4-c4ccc(-n5c6ccccc6c6ccccc65)cc4)c3)cn2)cc1. The van der Waals surface area contributed by atoms with E-state index in [0.29, 0.717) is 5.82 Å². The van der Waals surface area contributed by atoms with E-state index in [1.54, 1.807) is 0 Å². The molecule has 0 aliphatic rings. The molecule has 0 radical (unpaired) electrons. The summed E-state index contributed by atoms with van der Waals surface area (Å²) >= 11 is 0. The van der Waals surface area contributed by atoms with Gasteiger partial charge in [-0.1, -0.05) is 237 Å². The van der Waals surface area contributed by atoms with Gasteiger partial charge in [-0.3, -0.25) is 9.97 Å². The van der Waals surface area contributed by atoms with Crippen molar-refractivity contribution in [3.8, 4) is 134 Å². The quantitative estimate of drug-likeness (QED) is 0.115. The summed E-state index contributed by atoms with van der Waals surface area (Å²) in [5.41, 5.74) is 29.0. The van der Waals surface area contributed by atoms with Crippen molar-refractivity contribution in [1.82, 2.24) is 29.1 Å². The van der Waals surface area contributed by atoms with Gasteiger partial charge in [-0.15, -0.1) is 0 Å². The molecule has 18 rings (SSSR count). The van der Waals surface area contributed by atoms with Crippen molar-refractivity contribution in [3.63, 3.8) is 0 Å². The molecule has 0 aliphatic carbocycles. The molecule has 13 aromatic carbocycles. The zero-order chi connectivity index (χ0) is 64.9. The highest BCUT2D eigenvalue weighted by Gasteiger charge is 2.22. The van der Waals surface area contributed by atoms with Crippen LogP contribution in [-0.4, -0.2) is 29.1 Å². The zero-order valence-electron chi connectivity index (χ0n) is 53.3. The molecule has 5 aromatic heterocycles. The lowest BCUT2D eigenvalue weighted by Gasteiger charge is -2.20. The van der Waals surface area contributed by atoms with E-state index >= 15 is 0 Å². The van der Waals surface area contributed by atoms with Crippen molar-refractivity contribution in [3.05, 3.63) is 365 Å². The highest BCUT2D eigenvalue weighted by Crippen LogP contribution is 2.47. The molecule has 0 aliphatic heterocycles. The number of fused-ring (bicyclic) bond motifs is 6. The molecule has 0 saturated heterocycles. The van der Waals surface area contributed by atoms with Crippen LogP contribution in [-0.2, 0) is 0 Å². The van der Waals surface area contributed by atoms with E-state index in [1.165, 1.54) is 43.6 Å². The van der Waals surface area contributed by atoms with Crippen LogP contribution in [0.15, 0.2) is 365 Å². The average molecular weight is 1250 g/mol. The highest BCUT2D eigenvalue weighted by atomic mass is 15.0. The fraction of sp³-hybridized carbons (Fsp3) is 0. The third-order valence-corrected chi connectivity index (χ3v) is 19.2. The molecule has 0 saturated carbocycles. The van der Waals surface area contributed by atoms with Gasteiger partial charge in [0, 0.05) is 80.0 Å². The predicted octanol–water partition coefficient (Wildman–Crippen LogP) is 23.8. The van der Waals surface area contributed by atoms with Crippen LogP contribution < -0.4 is 0 Å². The number of nitrogens with zero attached hydrogens (tertiary/aromatic N) is 6. The van der Waals surface area contributed by atoms with Crippen LogP contribution >= 0.6 is 0 Å². The molecule has 0 atom stereocenters. The predicted molar refractivity (Wildman–Crippen MR) is 406 cm³/mol. The summed E-state index contributed by atoms with van der Waals surface area (Å²) in [6.07, 6.45) is 7.66. The van der Waals surface area contributed by atoms with Gasteiger partial charge in [0.1, 0.15) is 0 Å². The van der Waals surface area contributed by atoms with Crippen LogP contribution in [0.5, 0.6) is 0 Å². The van der Waals surface area contributed by atoms with Crippen LogP contribution in [0.1, 0.15) is 0 Å². The largest absolute Gasteiger partial charge is 0.309 e. The maximum atomic E-state index is 4.96. The van der Waals surface area contributed by atoms with Gasteiger partial charge >= 0.3 is 0 Å². The Hall–Kier alpha value is -13.2. The molecular weight excluding hydrogens is 1190 g/mol. The Labute approximate surface area is 568 Å². The molecule has 0 fully saturated rings. The van der Waals surface area contributed by atoms with Gasteiger partial charge in [-0.25, -0.2) is 9.97 Å². The van der Waals surface area contributed by atoms with E-state index in [4.69, 9.17) is 19.9 Å². The Morgan fingerprint density at radius 2 is 0.500 bits per heavy atom. The summed E-state index contributed by atoms with van der Waals surface area (Å²) in [4.78, 5) is 19.7. The molecule has 6 heteroatoms. The van der Waals surface area contributed by atoms with E-state index < -0.39 is 0 Å². The Kier molecular flexibility index (Phi) is 14.5. The van der Waals surface area contributed by atoms with Gasteiger partial charge in [0.15, 0.2) is 5.82 Å². The lowest BCUT2D eigenvalue weighted by Crippen LogP contribution is -1.96. The lowest BCUT2D eigenvalue weighted by molar-refractivity contribution is 1.18. The Bertz CT molecular complexity index is 5600. The van der Waals surface area contributed by atoms with Crippen molar-refractivity contribution in [2.24, 2.45) is 0 Å². The van der Waals surface area contributed by atoms with Crippen LogP contribution in [0, 0.1) is 0 Å². The van der Waals surface area contributed by atoms with Gasteiger partial charge in [-0.2, -0.15) is 0 Å². The number of benzene rings is 13. The zero-order valence-corrected chi connectivity index (χ0v) is 53.3. The van der Waals surface area contributed by atoms with Gasteiger partial charge in [0.2, 0.25) is 0 Å². The lowest BCUT2D eigenvalue weighted by atomic mass is 9.84. The second-order valence-electron chi connectivity index (χ2n) is 24.9. The van der Waals surface area contributed by atoms with Gasteiger partial charge in [-0.05, 0) is 187 Å². The van der Waals surface area contributed by atoms with Crippen LogP contribution in [0.25, 0.3) is 178 Å². The summed E-state index contributed by atoms with van der Waals surface area (Å²) in [7, 11) is 0. The molecule has 5 heterocycles. The van der Waals surface area contributed by atoms with E-state index in [1.807, 2.05) is 55.1 Å². The number of hydrogen-bond donors (Lipinski definition) is 0. The standard InChI is InChI=1S/C92H60N6/c1-2-22-63(23-3-1)92-95-59-69(60-96-92)75-27-5-4-24-72(75)66-54-67(73-25-6-8-28-76(73)78-50-44-64(86-34-18-20-52-93-86)57-84(78)61-40-46-70(47-41-61)97-88-36-14-10-30-80(88)81-31-11-15-37-89(81)97)56-68(55-66)74-26-7-9-29-77(74)79-51-45-65(87-35-19-21-53-94-87)58-85(79)62-42-48-71(49-43-62)98-90-38-16-12-32-82(90)83-33-13-17-39-91(83)98/h1-60H. The van der Waals surface area contributed by atoms with Crippen LogP contribution in [0.3, 0.4) is 0 Å². The second-order valence-corrected chi connectivity index (χ2v) is 24.9. The fourth-order valence-corrected chi connectivity index (χ4v) is 14.6. The molecule has 458 valence electrons. The van der Waals surface area contributed by atoms with E-state index in [0.717, 1.165) is 128 Å². The minimum Gasteiger partial charge on any atom is -0.309 e. The number of pyridine rings is 2. The van der Waals surface area contributed by atoms with E-state index in [-0.39, 0.29) is 0 Å². The number of hydrogen-bond acceptors (Lipinski definition) is 4. The maximum Gasteiger partial charge on any atom is 0.159 e. The summed E-state index contributed by atoms with van der Waals surface area (Å²) in [5, 5.41) is 4.94. The van der Waals surface area contributed by atoms with Crippen molar-refractivity contribution in [2.75, 3.05) is 0 Å². The first kappa shape index (κ1) is 57.5. The molecule has 0 unspecified atom stereocenters. The van der Waals surface area contributed by atoms with Crippen molar-refractivity contribution in [2.45, 2.75) is 0 Å². The second kappa shape index (κ2) is 24.6. The molecule has 0 N–H and O–H groups in total. The van der Waals surface area contributed by atoms with Gasteiger partial charge in [0.05, 0.1) is 33.5 Å². The minimum atomic E-state index is 0.683. The number of rotatable bonds is 13. The maximum absolute atomic E-state index is 4.96. The minimum absolute atomic E-state index is 0.683. The number of para-hydroxylation sites is 4. The molecule has 0 amide bonds. The summed E-state index contributed by atoms with van der Waals surface area (Å²) in [6.45, 7) is 0. The van der Waals surface area contributed by atoms with Gasteiger partial charge in [0.25, 0.3) is 0 Å². The highest BCUT2D eigenvalue weighted by molar-refractivity contribution is 6.11. The Morgan fingerprint density at radius 1 is 0.184 bits per heavy atom. The summed E-state index contributed by atoms with van der Waals surface area (Å²) < 4.78 is 4.76. The van der Waals surface area contributed by atoms with Crippen molar-refractivity contribution in [1.29, 1.82) is 0 Å². The Morgan fingerprint density at radius 3 is 0.888 bits per heavy atom. The van der Waals surface area contributed by atoms with Gasteiger partial charge < -0.3 is 9.13 Å². The first-order valence-electron chi connectivity index (χ1n) is 33.2. The third kappa shape index (κ3) is 10.3. The first-order chi connectivity index (χ1) is 48.6. The fourth-order valence-electron chi connectivity index (χ4n) is 14.6. The van der Waals surface area contributed by atoms with Crippen LogP contribution in [0.2, 0.25) is 0 Å². The monoisotopic (exact) mass is 1250 g/mol. The normalized spacial score (nSPS) is 11.5. The topological polar surface area (TPSA) is 61.4 Å². The molecule has 98 heavy (non-hydrogen) atoms. The molecule has 6 nitrogen and oxygen atoms in total. The van der Waals surface area contributed by atoms with Crippen molar-refractivity contribution >= 4 is 43.6 Å². The molecular formula is C92H60N6.